The Balaban J connectivity index is 2.24. The highest BCUT2D eigenvalue weighted by atomic mass is 35.5. The van der Waals surface area contributed by atoms with Crippen molar-refractivity contribution in [3.63, 3.8) is 0 Å². The number of nitrogens with two attached hydrogens (primary N) is 1. The van der Waals surface area contributed by atoms with Crippen LogP contribution in [0.3, 0.4) is 0 Å². The second kappa shape index (κ2) is 8.19. The van der Waals surface area contributed by atoms with Gasteiger partial charge in [-0.1, -0.05) is 44.0 Å². The fourth-order valence-electron chi connectivity index (χ4n) is 3.63. The van der Waals surface area contributed by atoms with Crippen molar-refractivity contribution in [3.8, 4) is 0 Å². The summed E-state index contributed by atoms with van der Waals surface area (Å²) in [4.78, 5) is 23.2. The fraction of sp³-hybridized carbons (Fsp3) is 0.579. The lowest BCUT2D eigenvalue weighted by Crippen LogP contribution is -2.57. The summed E-state index contributed by atoms with van der Waals surface area (Å²) in [6, 6.07) is 6.70. The van der Waals surface area contributed by atoms with Crippen LogP contribution in [0, 0.1) is 5.92 Å². The molecule has 5 nitrogen and oxygen atoms in total. The maximum Gasteiger partial charge on any atom is 0.305 e. The van der Waals surface area contributed by atoms with Crippen molar-refractivity contribution in [1.82, 2.24) is 5.32 Å². The third-order valence-electron chi connectivity index (χ3n) is 5.09. The summed E-state index contributed by atoms with van der Waals surface area (Å²) in [5.41, 5.74) is 6.78. The third-order valence-corrected chi connectivity index (χ3v) is 5.34. The van der Waals surface area contributed by atoms with Gasteiger partial charge in [-0.3, -0.25) is 9.59 Å². The number of carbonyl (C=O) groups excluding carboxylic acids is 1. The first kappa shape index (κ1) is 19.7. The predicted octanol–water partition coefficient (Wildman–Crippen LogP) is 3.09. The van der Waals surface area contributed by atoms with Crippen LogP contribution in [0.15, 0.2) is 24.3 Å². The van der Waals surface area contributed by atoms with Gasteiger partial charge in [0.25, 0.3) is 0 Å². The van der Waals surface area contributed by atoms with Crippen molar-refractivity contribution >= 4 is 23.5 Å². The van der Waals surface area contributed by atoms with Gasteiger partial charge in [0.05, 0.1) is 12.5 Å². The molecule has 0 spiro atoms. The van der Waals surface area contributed by atoms with Crippen molar-refractivity contribution in [2.24, 2.45) is 11.7 Å². The number of benzene rings is 1. The smallest absolute Gasteiger partial charge is 0.305 e. The molecule has 1 aromatic rings. The quantitative estimate of drug-likeness (QED) is 0.659. The summed E-state index contributed by atoms with van der Waals surface area (Å²) in [6.07, 6.45) is 3.53. The van der Waals surface area contributed by atoms with Crippen molar-refractivity contribution in [2.75, 3.05) is 0 Å². The van der Waals surface area contributed by atoms with Crippen LogP contribution in [0.5, 0.6) is 0 Å². The van der Waals surface area contributed by atoms with Crippen LogP contribution in [-0.4, -0.2) is 29.1 Å². The summed E-state index contributed by atoms with van der Waals surface area (Å²) in [5, 5.41) is 12.6. The molecular formula is C19H27ClN2O3. The first-order chi connectivity index (χ1) is 11.7. The largest absolute Gasteiger partial charge is 0.481 e. The van der Waals surface area contributed by atoms with Crippen LogP contribution >= 0.6 is 11.6 Å². The first-order valence-electron chi connectivity index (χ1n) is 8.78. The molecule has 0 radical (unpaired) electrons. The minimum Gasteiger partial charge on any atom is -0.481 e. The summed E-state index contributed by atoms with van der Waals surface area (Å²) in [5.74, 6) is -1.07. The van der Waals surface area contributed by atoms with Gasteiger partial charge in [0.2, 0.25) is 5.91 Å². The molecule has 1 saturated carbocycles. The predicted molar refractivity (Wildman–Crippen MR) is 98.6 cm³/mol. The Morgan fingerprint density at radius 2 is 1.88 bits per heavy atom. The summed E-state index contributed by atoms with van der Waals surface area (Å²) in [6.45, 7) is 4.23. The molecule has 0 aromatic heterocycles. The van der Waals surface area contributed by atoms with Gasteiger partial charge in [-0.05, 0) is 42.9 Å². The molecule has 0 saturated heterocycles. The van der Waals surface area contributed by atoms with Gasteiger partial charge in [0.1, 0.15) is 0 Å². The average Bonchev–Trinajstić information content (AvgIpc) is 2.46. The van der Waals surface area contributed by atoms with Crippen LogP contribution in [-0.2, 0) is 15.0 Å². The maximum absolute atomic E-state index is 12.4. The SMILES string of the molecule is CC(C)CC(NC(=O)C(N)CC(=O)O)C1(c2ccc(Cl)cc2)CCC1. The van der Waals surface area contributed by atoms with Crippen molar-refractivity contribution in [3.05, 3.63) is 34.9 Å². The molecule has 2 rings (SSSR count). The Bertz CT molecular complexity index is 612. The van der Waals surface area contributed by atoms with E-state index in [0.717, 1.165) is 25.7 Å². The number of carboxylic acids is 1. The van der Waals surface area contributed by atoms with E-state index in [9.17, 15) is 9.59 Å². The van der Waals surface area contributed by atoms with Crippen molar-refractivity contribution in [2.45, 2.75) is 63.5 Å². The molecule has 6 heteroatoms. The number of hydrogen-bond donors (Lipinski definition) is 3. The first-order valence-corrected chi connectivity index (χ1v) is 9.16. The second-order valence-corrected chi connectivity index (χ2v) is 7.85. The number of carboxylic acid groups (broad SMARTS) is 1. The molecule has 25 heavy (non-hydrogen) atoms. The number of rotatable bonds is 8. The number of nitrogens with one attached hydrogen (secondary N) is 1. The van der Waals surface area contributed by atoms with E-state index in [1.165, 1.54) is 5.56 Å². The van der Waals surface area contributed by atoms with Gasteiger partial charge in [0.15, 0.2) is 0 Å². The fourth-order valence-corrected chi connectivity index (χ4v) is 3.76. The van der Waals surface area contributed by atoms with Crippen LogP contribution in [0.2, 0.25) is 5.02 Å². The van der Waals surface area contributed by atoms with Gasteiger partial charge >= 0.3 is 5.97 Å². The molecule has 1 amide bonds. The Morgan fingerprint density at radius 1 is 1.28 bits per heavy atom. The number of carbonyl (C=O) groups is 2. The highest BCUT2D eigenvalue weighted by Crippen LogP contribution is 2.48. The standard InChI is InChI=1S/C19H27ClN2O3/c1-12(2)10-16(22-18(25)15(21)11-17(23)24)19(8-3-9-19)13-4-6-14(20)7-5-13/h4-7,12,15-16H,3,8-11,21H2,1-2H3,(H,22,25)(H,23,24). The molecule has 2 atom stereocenters. The summed E-state index contributed by atoms with van der Waals surface area (Å²) >= 11 is 6.02. The highest BCUT2D eigenvalue weighted by molar-refractivity contribution is 6.30. The zero-order valence-electron chi connectivity index (χ0n) is 14.8. The van der Waals surface area contributed by atoms with E-state index in [0.29, 0.717) is 10.9 Å². The summed E-state index contributed by atoms with van der Waals surface area (Å²) < 4.78 is 0. The van der Waals surface area contributed by atoms with E-state index in [4.69, 9.17) is 22.4 Å². The Labute approximate surface area is 153 Å². The molecule has 138 valence electrons. The zero-order chi connectivity index (χ0) is 18.6. The highest BCUT2D eigenvalue weighted by Gasteiger charge is 2.46. The minimum absolute atomic E-state index is 0.0743. The van der Waals surface area contributed by atoms with Gasteiger partial charge in [0, 0.05) is 16.5 Å². The molecule has 1 aromatic carbocycles. The zero-order valence-corrected chi connectivity index (χ0v) is 15.6. The maximum atomic E-state index is 12.4. The molecule has 2 unspecified atom stereocenters. The van der Waals surface area contributed by atoms with E-state index < -0.39 is 17.9 Å². The Hall–Kier alpha value is -1.59. The van der Waals surface area contributed by atoms with Gasteiger partial charge in [-0.25, -0.2) is 0 Å². The number of halogens is 1. The topological polar surface area (TPSA) is 92.4 Å². The molecule has 1 aliphatic carbocycles. The number of aliphatic carboxylic acids is 1. The lowest BCUT2D eigenvalue weighted by molar-refractivity contribution is -0.139. The average molecular weight is 367 g/mol. The summed E-state index contributed by atoms with van der Waals surface area (Å²) in [7, 11) is 0. The minimum atomic E-state index is -1.07. The third kappa shape index (κ3) is 4.73. The van der Waals surface area contributed by atoms with Gasteiger partial charge < -0.3 is 16.2 Å². The van der Waals surface area contributed by atoms with Gasteiger partial charge in [-0.2, -0.15) is 0 Å². The second-order valence-electron chi connectivity index (χ2n) is 7.41. The Morgan fingerprint density at radius 3 is 2.32 bits per heavy atom. The van der Waals surface area contributed by atoms with Gasteiger partial charge in [-0.15, -0.1) is 0 Å². The Kier molecular flexibility index (Phi) is 6.47. The lowest BCUT2D eigenvalue weighted by atomic mass is 9.58. The number of amides is 1. The van der Waals surface area contributed by atoms with E-state index in [2.05, 4.69) is 19.2 Å². The normalized spacial score (nSPS) is 18.3. The molecule has 0 bridgehead atoms. The van der Waals surface area contributed by atoms with Crippen LogP contribution < -0.4 is 11.1 Å². The molecular weight excluding hydrogens is 340 g/mol. The molecule has 0 aliphatic heterocycles. The van der Waals surface area contributed by atoms with Crippen molar-refractivity contribution < 1.29 is 14.7 Å². The van der Waals surface area contributed by atoms with E-state index >= 15 is 0 Å². The van der Waals surface area contributed by atoms with E-state index in [1.807, 2.05) is 24.3 Å². The van der Waals surface area contributed by atoms with E-state index in [1.54, 1.807) is 0 Å². The van der Waals surface area contributed by atoms with Crippen LogP contribution in [0.1, 0.15) is 51.5 Å². The van der Waals surface area contributed by atoms with E-state index in [-0.39, 0.29) is 17.9 Å². The molecule has 4 N–H and O–H groups in total. The van der Waals surface area contributed by atoms with Crippen LogP contribution in [0.25, 0.3) is 0 Å². The number of hydrogen-bond acceptors (Lipinski definition) is 3. The molecule has 0 heterocycles. The lowest BCUT2D eigenvalue weighted by Gasteiger charge is -2.49. The monoisotopic (exact) mass is 366 g/mol. The van der Waals surface area contributed by atoms with Crippen LogP contribution in [0.4, 0.5) is 0 Å². The molecule has 1 fully saturated rings. The van der Waals surface area contributed by atoms with Crippen molar-refractivity contribution in [1.29, 1.82) is 0 Å². The molecule has 1 aliphatic rings.